The lowest BCUT2D eigenvalue weighted by molar-refractivity contribution is 0.0952. The number of nitrogens with one attached hydrogen (secondary N) is 1. The molecule has 0 saturated heterocycles. The highest BCUT2D eigenvalue weighted by atomic mass is 35.5. The molecule has 0 unspecified atom stereocenters. The second kappa shape index (κ2) is 13.2. The van der Waals surface area contributed by atoms with E-state index in [1.54, 1.807) is 25.3 Å². The van der Waals surface area contributed by atoms with E-state index < -0.39 is 0 Å². The summed E-state index contributed by atoms with van der Waals surface area (Å²) in [5.74, 6) is 1.36. The van der Waals surface area contributed by atoms with Gasteiger partial charge in [0.1, 0.15) is 23.1 Å². The number of carbonyl (C=O) groups excluding carboxylic acids is 1. The van der Waals surface area contributed by atoms with Crippen molar-refractivity contribution < 1.29 is 14.3 Å². The number of amides is 1. The molecule has 4 aromatic rings. The molecule has 1 amide bonds. The highest BCUT2D eigenvalue weighted by molar-refractivity contribution is 7.09. The van der Waals surface area contributed by atoms with Crippen LogP contribution >= 0.6 is 34.5 Å². The average molecular weight is 573 g/mol. The van der Waals surface area contributed by atoms with E-state index in [0.717, 1.165) is 47.1 Å². The number of unbranched alkanes of at least 4 members (excludes halogenated alkanes) is 1. The number of methoxy groups -OCH3 is 1. The number of carbonyl (C=O) groups is 1. The third-order valence-electron chi connectivity index (χ3n) is 6.22. The lowest BCUT2D eigenvalue weighted by atomic mass is 10.1. The van der Waals surface area contributed by atoms with Gasteiger partial charge in [-0.1, -0.05) is 48.7 Å². The molecule has 1 N–H and O–H groups in total. The zero-order valence-corrected chi connectivity index (χ0v) is 24.1. The lowest BCUT2D eigenvalue weighted by Gasteiger charge is -2.12. The van der Waals surface area contributed by atoms with E-state index in [0.29, 0.717) is 34.4 Å². The van der Waals surface area contributed by atoms with Crippen LogP contribution in [-0.4, -0.2) is 29.1 Å². The normalized spacial score (nSPS) is 11.0. The first-order valence-corrected chi connectivity index (χ1v) is 14.2. The van der Waals surface area contributed by atoms with Gasteiger partial charge >= 0.3 is 0 Å². The van der Waals surface area contributed by atoms with Gasteiger partial charge in [0, 0.05) is 34.2 Å². The molecule has 200 valence electrons. The van der Waals surface area contributed by atoms with Crippen LogP contribution in [0.5, 0.6) is 11.5 Å². The molecule has 4 rings (SSSR count). The van der Waals surface area contributed by atoms with Crippen LogP contribution in [-0.2, 0) is 19.6 Å². The van der Waals surface area contributed by atoms with Gasteiger partial charge in [0.05, 0.1) is 24.1 Å². The zero-order chi connectivity index (χ0) is 27.1. The van der Waals surface area contributed by atoms with Crippen molar-refractivity contribution in [3.05, 3.63) is 85.8 Å². The van der Waals surface area contributed by atoms with Crippen molar-refractivity contribution in [2.24, 2.45) is 0 Å². The highest BCUT2D eigenvalue weighted by Gasteiger charge is 2.20. The lowest BCUT2D eigenvalue weighted by Crippen LogP contribution is -2.24. The van der Waals surface area contributed by atoms with Gasteiger partial charge in [-0.2, -0.15) is 0 Å². The summed E-state index contributed by atoms with van der Waals surface area (Å²) in [6.45, 7) is 5.76. The van der Waals surface area contributed by atoms with Gasteiger partial charge in [-0.25, -0.2) is 4.98 Å². The summed E-state index contributed by atoms with van der Waals surface area (Å²) in [4.78, 5) is 17.8. The number of nitrogens with zero attached hydrogens (tertiary/aromatic N) is 2. The van der Waals surface area contributed by atoms with Gasteiger partial charge < -0.3 is 19.4 Å². The van der Waals surface area contributed by atoms with Crippen molar-refractivity contribution in [3.63, 3.8) is 0 Å². The molecule has 0 aliphatic heterocycles. The molecule has 0 spiro atoms. The highest BCUT2D eigenvalue weighted by Crippen LogP contribution is 2.30. The number of rotatable bonds is 12. The Morgan fingerprint density at radius 3 is 2.50 bits per heavy atom. The predicted octanol–water partition coefficient (Wildman–Crippen LogP) is 7.59. The number of halogens is 2. The summed E-state index contributed by atoms with van der Waals surface area (Å²) in [5.41, 5.74) is 4.49. The van der Waals surface area contributed by atoms with E-state index >= 15 is 0 Å². The molecular formula is C29H31Cl2N3O3S. The first kappa shape index (κ1) is 28.0. The molecule has 0 saturated carbocycles. The molecular weight excluding hydrogens is 541 g/mol. The summed E-state index contributed by atoms with van der Waals surface area (Å²) in [5, 5.41) is 6.89. The molecule has 2 aromatic carbocycles. The first-order valence-electron chi connectivity index (χ1n) is 12.5. The van der Waals surface area contributed by atoms with Crippen molar-refractivity contribution in [1.29, 1.82) is 0 Å². The van der Waals surface area contributed by atoms with Crippen LogP contribution < -0.4 is 14.8 Å². The average Bonchev–Trinajstić information content (AvgIpc) is 3.50. The minimum atomic E-state index is -0.0583. The number of aryl methyl sites for hydroxylation is 1. The summed E-state index contributed by atoms with van der Waals surface area (Å²) < 4.78 is 13.3. The SMILES string of the molecule is CCCCNC(=O)c1cc(-c2csc(COc3cc(Cl)cc(Cl)c3)n2)n(CCc2ccc(OC)cc2)c1C. The van der Waals surface area contributed by atoms with Crippen molar-refractivity contribution >= 4 is 40.4 Å². The summed E-state index contributed by atoms with van der Waals surface area (Å²) in [6.07, 6.45) is 2.78. The monoisotopic (exact) mass is 571 g/mol. The molecule has 2 heterocycles. The van der Waals surface area contributed by atoms with E-state index in [2.05, 4.69) is 28.9 Å². The molecule has 0 fully saturated rings. The number of aromatic nitrogens is 2. The van der Waals surface area contributed by atoms with Gasteiger partial charge in [-0.3, -0.25) is 4.79 Å². The molecule has 6 nitrogen and oxygen atoms in total. The Hall–Kier alpha value is -3.00. The van der Waals surface area contributed by atoms with Gasteiger partial charge in [0.15, 0.2) is 0 Å². The molecule has 0 bridgehead atoms. The number of hydrogen-bond acceptors (Lipinski definition) is 5. The Balaban J connectivity index is 1.57. The van der Waals surface area contributed by atoms with Gasteiger partial charge in [-0.15, -0.1) is 11.3 Å². The second-order valence-electron chi connectivity index (χ2n) is 8.91. The van der Waals surface area contributed by atoms with Gasteiger partial charge in [-0.05, 0) is 61.7 Å². The summed E-state index contributed by atoms with van der Waals surface area (Å²) in [7, 11) is 1.66. The van der Waals surface area contributed by atoms with Crippen LogP contribution in [0.15, 0.2) is 53.9 Å². The van der Waals surface area contributed by atoms with Crippen LogP contribution in [0.4, 0.5) is 0 Å². The molecule has 0 aliphatic carbocycles. The number of ether oxygens (including phenoxy) is 2. The maximum atomic E-state index is 13.0. The van der Waals surface area contributed by atoms with E-state index in [1.807, 2.05) is 30.5 Å². The number of thiazole rings is 1. The smallest absolute Gasteiger partial charge is 0.253 e. The maximum absolute atomic E-state index is 13.0. The first-order chi connectivity index (χ1) is 18.4. The maximum Gasteiger partial charge on any atom is 0.253 e. The molecule has 9 heteroatoms. The van der Waals surface area contributed by atoms with E-state index in [-0.39, 0.29) is 12.5 Å². The largest absolute Gasteiger partial charge is 0.497 e. The standard InChI is InChI=1S/C29H31Cl2N3O3S/c1-4-5-11-32-29(35)25-16-27(34(19(25)2)12-10-20-6-8-23(36-3)9-7-20)26-18-38-28(33-26)17-37-24-14-21(30)13-22(31)15-24/h6-9,13-16,18H,4-5,10-12,17H2,1-3H3,(H,32,35). The minimum absolute atomic E-state index is 0.0583. The van der Waals surface area contributed by atoms with Crippen LogP contribution in [0.3, 0.4) is 0 Å². The van der Waals surface area contributed by atoms with Crippen molar-refractivity contribution in [2.45, 2.75) is 46.3 Å². The van der Waals surface area contributed by atoms with Gasteiger partial charge in [0.25, 0.3) is 5.91 Å². The van der Waals surface area contributed by atoms with E-state index in [4.69, 9.17) is 37.7 Å². The Bertz CT molecular complexity index is 1360. The van der Waals surface area contributed by atoms with E-state index in [9.17, 15) is 4.79 Å². The van der Waals surface area contributed by atoms with Gasteiger partial charge in [0.2, 0.25) is 0 Å². The van der Waals surface area contributed by atoms with Crippen LogP contribution in [0.25, 0.3) is 11.4 Å². The fraction of sp³-hybridized carbons (Fsp3) is 0.310. The number of hydrogen-bond donors (Lipinski definition) is 1. The molecule has 0 radical (unpaired) electrons. The summed E-state index contributed by atoms with van der Waals surface area (Å²) >= 11 is 13.7. The third kappa shape index (κ3) is 7.10. The molecule has 0 atom stereocenters. The fourth-order valence-corrected chi connectivity index (χ4v) is 5.34. The molecule has 0 aliphatic rings. The quantitative estimate of drug-likeness (QED) is 0.178. The minimum Gasteiger partial charge on any atom is -0.497 e. The Kier molecular flexibility index (Phi) is 9.72. The van der Waals surface area contributed by atoms with Crippen LogP contribution in [0.2, 0.25) is 10.0 Å². The van der Waals surface area contributed by atoms with Crippen LogP contribution in [0.1, 0.15) is 46.4 Å². The van der Waals surface area contributed by atoms with Crippen molar-refractivity contribution in [3.8, 4) is 22.9 Å². The Morgan fingerprint density at radius 1 is 1.08 bits per heavy atom. The van der Waals surface area contributed by atoms with Crippen molar-refractivity contribution in [2.75, 3.05) is 13.7 Å². The molecule has 38 heavy (non-hydrogen) atoms. The Labute approximate surface area is 237 Å². The fourth-order valence-electron chi connectivity index (χ4n) is 4.13. The number of benzene rings is 2. The summed E-state index contributed by atoms with van der Waals surface area (Å²) in [6, 6.07) is 15.1. The third-order valence-corrected chi connectivity index (χ3v) is 7.48. The topological polar surface area (TPSA) is 65.4 Å². The predicted molar refractivity (Wildman–Crippen MR) is 155 cm³/mol. The van der Waals surface area contributed by atoms with Crippen molar-refractivity contribution in [1.82, 2.24) is 14.9 Å². The zero-order valence-electron chi connectivity index (χ0n) is 21.7. The Morgan fingerprint density at radius 2 is 1.82 bits per heavy atom. The second-order valence-corrected chi connectivity index (χ2v) is 10.7. The molecule has 2 aromatic heterocycles. The van der Waals surface area contributed by atoms with E-state index in [1.165, 1.54) is 16.9 Å². The van der Waals surface area contributed by atoms with Crippen LogP contribution in [0, 0.1) is 6.92 Å².